The first kappa shape index (κ1) is 17.2. The Hall–Kier alpha value is -2.67. The van der Waals surface area contributed by atoms with Gasteiger partial charge in [0, 0.05) is 44.0 Å². The highest BCUT2D eigenvalue weighted by atomic mass is 32.2. The van der Waals surface area contributed by atoms with E-state index in [1.165, 1.54) is 11.8 Å². The molecule has 0 spiro atoms. The second kappa shape index (κ2) is 7.94. The lowest BCUT2D eigenvalue weighted by Gasteiger charge is -2.18. The van der Waals surface area contributed by atoms with Gasteiger partial charge in [-0.1, -0.05) is 16.9 Å². The lowest BCUT2D eigenvalue weighted by atomic mass is 10.2. The number of carbonyl (C=O) groups excluding carboxylic acids is 1. The molecule has 0 aliphatic carbocycles. The Bertz CT molecular complexity index is 851. The first-order valence-electron chi connectivity index (χ1n) is 7.78. The second-order valence-corrected chi connectivity index (χ2v) is 6.55. The molecule has 0 aromatic carbocycles. The molecule has 0 N–H and O–H groups in total. The van der Waals surface area contributed by atoms with E-state index in [2.05, 4.69) is 15.1 Å². The molecule has 6 nitrogen and oxygen atoms in total. The van der Waals surface area contributed by atoms with Crippen LogP contribution in [0.3, 0.4) is 0 Å². The zero-order valence-corrected chi connectivity index (χ0v) is 14.9. The molecule has 0 aliphatic rings. The second-order valence-electron chi connectivity index (χ2n) is 5.59. The fourth-order valence-electron chi connectivity index (χ4n) is 2.34. The van der Waals surface area contributed by atoms with E-state index < -0.39 is 0 Å². The number of pyridine rings is 2. The van der Waals surface area contributed by atoms with E-state index in [0.717, 1.165) is 17.0 Å². The van der Waals surface area contributed by atoms with Crippen LogP contribution < -0.4 is 0 Å². The van der Waals surface area contributed by atoms with Gasteiger partial charge < -0.3 is 9.42 Å². The van der Waals surface area contributed by atoms with Gasteiger partial charge in [0.2, 0.25) is 0 Å². The maximum atomic E-state index is 12.8. The SMILES string of the molecule is Cc1cc(CSc2ncccc2C(=O)N(C)Cc2ccncc2)no1. The summed E-state index contributed by atoms with van der Waals surface area (Å²) in [6.45, 7) is 2.37. The maximum Gasteiger partial charge on any atom is 0.256 e. The van der Waals surface area contributed by atoms with Gasteiger partial charge in [-0.2, -0.15) is 0 Å². The standard InChI is InChI=1S/C18H18N4O2S/c1-13-10-15(21-24-13)12-25-17-16(4-3-7-20-17)18(23)22(2)11-14-5-8-19-9-6-14/h3-10H,11-12H2,1-2H3. The van der Waals surface area contributed by atoms with E-state index in [1.54, 1.807) is 42.7 Å². The number of nitrogens with zero attached hydrogens (tertiary/aromatic N) is 4. The number of thioether (sulfide) groups is 1. The van der Waals surface area contributed by atoms with Crippen molar-refractivity contribution < 1.29 is 9.32 Å². The summed E-state index contributed by atoms with van der Waals surface area (Å²) in [5.41, 5.74) is 2.45. The van der Waals surface area contributed by atoms with Crippen molar-refractivity contribution in [3.63, 3.8) is 0 Å². The number of rotatable bonds is 6. The summed E-state index contributed by atoms with van der Waals surface area (Å²) in [7, 11) is 1.78. The van der Waals surface area contributed by atoms with Crippen LogP contribution in [0, 0.1) is 6.92 Å². The van der Waals surface area contributed by atoms with Gasteiger partial charge in [-0.15, -0.1) is 0 Å². The molecule has 0 aliphatic heterocycles. The van der Waals surface area contributed by atoms with Gasteiger partial charge in [-0.25, -0.2) is 4.98 Å². The Morgan fingerprint density at radius 1 is 1.24 bits per heavy atom. The van der Waals surface area contributed by atoms with Crippen LogP contribution in [-0.4, -0.2) is 33.0 Å². The van der Waals surface area contributed by atoms with Gasteiger partial charge >= 0.3 is 0 Å². The van der Waals surface area contributed by atoms with Gasteiger partial charge in [0.1, 0.15) is 10.8 Å². The molecule has 0 radical (unpaired) electrons. The Kier molecular flexibility index (Phi) is 5.45. The minimum Gasteiger partial charge on any atom is -0.361 e. The van der Waals surface area contributed by atoms with Gasteiger partial charge in [-0.05, 0) is 36.8 Å². The molecule has 0 atom stereocenters. The monoisotopic (exact) mass is 354 g/mol. The molecule has 3 aromatic rings. The van der Waals surface area contributed by atoms with E-state index in [0.29, 0.717) is 22.9 Å². The van der Waals surface area contributed by atoms with Gasteiger partial charge in [0.25, 0.3) is 5.91 Å². The van der Waals surface area contributed by atoms with E-state index in [1.807, 2.05) is 25.1 Å². The highest BCUT2D eigenvalue weighted by molar-refractivity contribution is 7.98. The lowest BCUT2D eigenvalue weighted by molar-refractivity contribution is 0.0781. The quantitative estimate of drug-likeness (QED) is 0.632. The van der Waals surface area contributed by atoms with Crippen LogP contribution in [0.5, 0.6) is 0 Å². The van der Waals surface area contributed by atoms with E-state index in [-0.39, 0.29) is 5.91 Å². The number of hydrogen-bond donors (Lipinski definition) is 0. The average Bonchev–Trinajstić information content (AvgIpc) is 3.06. The normalized spacial score (nSPS) is 10.6. The largest absolute Gasteiger partial charge is 0.361 e. The predicted octanol–water partition coefficient (Wildman–Crippen LogP) is 3.34. The lowest BCUT2D eigenvalue weighted by Crippen LogP contribution is -2.26. The molecule has 0 saturated carbocycles. The van der Waals surface area contributed by atoms with Crippen molar-refractivity contribution in [1.29, 1.82) is 0 Å². The number of carbonyl (C=O) groups is 1. The number of aromatic nitrogens is 3. The van der Waals surface area contributed by atoms with Crippen molar-refractivity contribution in [3.8, 4) is 0 Å². The fourth-order valence-corrected chi connectivity index (χ4v) is 3.20. The van der Waals surface area contributed by atoms with E-state index in [4.69, 9.17) is 4.52 Å². The molecule has 3 heterocycles. The Morgan fingerprint density at radius 2 is 2.04 bits per heavy atom. The third kappa shape index (κ3) is 4.45. The summed E-state index contributed by atoms with van der Waals surface area (Å²) in [5.74, 6) is 1.30. The molecular formula is C18H18N4O2S. The number of hydrogen-bond acceptors (Lipinski definition) is 6. The van der Waals surface area contributed by atoms with Crippen LogP contribution >= 0.6 is 11.8 Å². The van der Waals surface area contributed by atoms with Gasteiger partial charge in [0.05, 0.1) is 11.3 Å². The van der Waals surface area contributed by atoms with Crippen LogP contribution in [0.2, 0.25) is 0 Å². The number of amides is 1. The third-order valence-electron chi connectivity index (χ3n) is 3.55. The van der Waals surface area contributed by atoms with E-state index in [9.17, 15) is 4.79 Å². The summed E-state index contributed by atoms with van der Waals surface area (Å²) < 4.78 is 5.07. The smallest absolute Gasteiger partial charge is 0.256 e. The summed E-state index contributed by atoms with van der Waals surface area (Å²) in [5, 5.41) is 4.66. The first-order valence-corrected chi connectivity index (χ1v) is 8.76. The summed E-state index contributed by atoms with van der Waals surface area (Å²) >= 11 is 1.47. The fraction of sp³-hybridized carbons (Fsp3) is 0.222. The first-order chi connectivity index (χ1) is 12.1. The van der Waals surface area contributed by atoms with Crippen molar-refractivity contribution in [2.24, 2.45) is 0 Å². The van der Waals surface area contributed by atoms with Crippen molar-refractivity contribution in [3.05, 3.63) is 71.5 Å². The van der Waals surface area contributed by atoms with Crippen molar-refractivity contribution >= 4 is 17.7 Å². The molecule has 1 amide bonds. The molecule has 128 valence electrons. The Morgan fingerprint density at radius 3 is 2.76 bits per heavy atom. The maximum absolute atomic E-state index is 12.8. The summed E-state index contributed by atoms with van der Waals surface area (Å²) in [6.07, 6.45) is 5.13. The minimum atomic E-state index is -0.0660. The molecule has 7 heteroatoms. The van der Waals surface area contributed by atoms with E-state index >= 15 is 0 Å². The predicted molar refractivity (Wildman–Crippen MR) is 95.1 cm³/mol. The summed E-state index contributed by atoms with van der Waals surface area (Å²) in [6, 6.07) is 9.25. The van der Waals surface area contributed by atoms with Crippen molar-refractivity contribution in [1.82, 2.24) is 20.0 Å². The van der Waals surface area contributed by atoms with Crippen LogP contribution in [0.25, 0.3) is 0 Å². The van der Waals surface area contributed by atoms with Crippen LogP contribution in [0.4, 0.5) is 0 Å². The third-order valence-corrected chi connectivity index (χ3v) is 4.59. The topological polar surface area (TPSA) is 72.1 Å². The van der Waals surface area contributed by atoms with Crippen LogP contribution in [0.1, 0.15) is 27.4 Å². The highest BCUT2D eigenvalue weighted by Crippen LogP contribution is 2.25. The van der Waals surface area contributed by atoms with Gasteiger partial charge in [0.15, 0.2) is 0 Å². The zero-order chi connectivity index (χ0) is 17.6. The average molecular weight is 354 g/mol. The highest BCUT2D eigenvalue weighted by Gasteiger charge is 2.17. The molecule has 3 rings (SSSR count). The molecule has 25 heavy (non-hydrogen) atoms. The minimum absolute atomic E-state index is 0.0660. The number of aryl methyl sites for hydroxylation is 1. The molecule has 0 saturated heterocycles. The Labute approximate surface area is 150 Å². The van der Waals surface area contributed by atoms with Crippen LogP contribution in [0.15, 0.2) is 58.5 Å². The molecule has 0 bridgehead atoms. The van der Waals surface area contributed by atoms with Crippen molar-refractivity contribution in [2.45, 2.75) is 24.2 Å². The molecule has 0 fully saturated rings. The zero-order valence-electron chi connectivity index (χ0n) is 14.0. The van der Waals surface area contributed by atoms with Crippen molar-refractivity contribution in [2.75, 3.05) is 7.05 Å². The Balaban J connectivity index is 1.71. The van der Waals surface area contributed by atoms with Crippen LogP contribution in [-0.2, 0) is 12.3 Å². The summed E-state index contributed by atoms with van der Waals surface area (Å²) in [4.78, 5) is 22.8. The molecule has 0 unspecified atom stereocenters. The molecular weight excluding hydrogens is 336 g/mol. The molecule has 3 aromatic heterocycles. The van der Waals surface area contributed by atoms with Gasteiger partial charge in [-0.3, -0.25) is 9.78 Å².